The molecular weight excluding hydrogens is 215 g/mol. The first-order chi connectivity index (χ1) is 7.58. The molecule has 1 aliphatic rings. The third kappa shape index (κ3) is 3.12. The molecule has 5 nitrogen and oxygen atoms in total. The van der Waals surface area contributed by atoms with E-state index in [-0.39, 0.29) is 30.5 Å². The summed E-state index contributed by atoms with van der Waals surface area (Å²) in [5, 5.41) is 10.7. The van der Waals surface area contributed by atoms with Crippen molar-refractivity contribution in [3.8, 4) is 0 Å². The quantitative estimate of drug-likeness (QED) is 0.512. The molecule has 1 aliphatic heterocycles. The van der Waals surface area contributed by atoms with Gasteiger partial charge in [-0.25, -0.2) is 4.98 Å². The van der Waals surface area contributed by atoms with Crippen molar-refractivity contribution in [2.75, 3.05) is 20.1 Å². The van der Waals surface area contributed by atoms with Crippen LogP contribution in [0.25, 0.3) is 0 Å². The molecule has 88 valence electrons. The van der Waals surface area contributed by atoms with Crippen LogP contribution in [0, 0.1) is 6.92 Å². The van der Waals surface area contributed by atoms with E-state index in [0.717, 1.165) is 25.9 Å². The van der Waals surface area contributed by atoms with Gasteiger partial charge >= 0.3 is 18.9 Å². The summed E-state index contributed by atoms with van der Waals surface area (Å²) in [7, 11) is 2.04. The van der Waals surface area contributed by atoms with Gasteiger partial charge in [-0.05, 0) is 33.4 Å². The molecule has 0 saturated carbocycles. The number of likely N-dealkylation sites (tertiary alicyclic amines) is 1. The van der Waals surface area contributed by atoms with E-state index < -0.39 is 5.97 Å². The maximum Gasteiger partial charge on any atom is 1.00 e. The number of piperidine rings is 1. The van der Waals surface area contributed by atoms with Crippen LogP contribution in [-0.2, 0) is 0 Å². The van der Waals surface area contributed by atoms with Crippen LogP contribution in [0.2, 0.25) is 0 Å². The summed E-state index contributed by atoms with van der Waals surface area (Å²) in [6, 6.07) is 0. The number of carboxylic acids is 1. The Labute approximate surface area is 112 Å². The predicted octanol–water partition coefficient (Wildman–Crippen LogP) is -2.84. The molecule has 17 heavy (non-hydrogen) atoms. The van der Waals surface area contributed by atoms with Gasteiger partial charge in [0, 0.05) is 12.5 Å². The third-order valence-electron chi connectivity index (χ3n) is 2.97. The van der Waals surface area contributed by atoms with E-state index in [1.54, 1.807) is 6.92 Å². The maximum atomic E-state index is 10.7. The number of carbonyl (C=O) groups is 1. The van der Waals surface area contributed by atoms with Gasteiger partial charge in [0.1, 0.15) is 5.97 Å². The fraction of sp³-hybridized carbons (Fsp3) is 0.636. The Hall–Kier alpha value is -0.763. The van der Waals surface area contributed by atoms with Gasteiger partial charge in [-0.15, -0.1) is 0 Å². The molecule has 0 aliphatic carbocycles. The molecular formula is C11H15LiN2O3. The molecule has 1 aromatic rings. The number of likely N-dealkylation sites (N-methyl/N-ethyl adjacent to an activating group) is 1. The summed E-state index contributed by atoms with van der Waals surface area (Å²) in [6.07, 6.45) is 2.08. The normalized spacial score (nSPS) is 20.9. The van der Waals surface area contributed by atoms with E-state index in [1.807, 2.05) is 7.05 Å². The second-order valence-electron chi connectivity index (χ2n) is 4.36. The summed E-state index contributed by atoms with van der Waals surface area (Å²) in [6.45, 7) is 3.57. The van der Waals surface area contributed by atoms with Gasteiger partial charge in [-0.2, -0.15) is 0 Å². The minimum atomic E-state index is -1.29. The van der Waals surface area contributed by atoms with Gasteiger partial charge in [0.2, 0.25) is 0 Å². The number of aromatic nitrogens is 1. The molecule has 0 aromatic carbocycles. The Kier molecular flexibility index (Phi) is 4.81. The molecule has 1 fully saturated rings. The number of oxazole rings is 1. The number of hydrogen-bond donors (Lipinski definition) is 0. The van der Waals surface area contributed by atoms with Crippen molar-refractivity contribution in [3.63, 3.8) is 0 Å². The molecule has 0 radical (unpaired) electrons. The minimum Gasteiger partial charge on any atom is -0.541 e. The molecule has 1 aromatic heterocycles. The molecule has 2 heterocycles. The van der Waals surface area contributed by atoms with Crippen molar-refractivity contribution in [2.24, 2.45) is 0 Å². The Bertz CT molecular complexity index is 405. The van der Waals surface area contributed by atoms with E-state index in [9.17, 15) is 9.90 Å². The fourth-order valence-electron chi connectivity index (χ4n) is 2.15. The summed E-state index contributed by atoms with van der Waals surface area (Å²) in [5.41, 5.74) is 0.406. The summed E-state index contributed by atoms with van der Waals surface area (Å²) in [5.74, 6) is -0.697. The number of aromatic carboxylic acids is 1. The van der Waals surface area contributed by atoms with Crippen LogP contribution in [0.3, 0.4) is 0 Å². The molecule has 0 amide bonds. The molecule has 1 atom stereocenters. The number of rotatable bonds is 2. The predicted molar refractivity (Wildman–Crippen MR) is 55.0 cm³/mol. The SMILES string of the molecule is Cc1nc(C2CCCN(C)C2)oc1C(=O)[O-].[Li+]. The third-order valence-corrected chi connectivity index (χ3v) is 2.97. The molecule has 1 unspecified atom stereocenters. The van der Waals surface area contributed by atoms with Crippen molar-refractivity contribution in [1.82, 2.24) is 9.88 Å². The van der Waals surface area contributed by atoms with Crippen molar-refractivity contribution in [1.29, 1.82) is 0 Å². The van der Waals surface area contributed by atoms with E-state index in [4.69, 9.17) is 4.42 Å². The molecule has 0 bridgehead atoms. The number of aryl methyl sites for hydroxylation is 1. The largest absolute Gasteiger partial charge is 1.00 e. The van der Waals surface area contributed by atoms with E-state index in [2.05, 4.69) is 9.88 Å². The molecule has 1 saturated heterocycles. The first-order valence-electron chi connectivity index (χ1n) is 5.45. The Morgan fingerprint density at radius 3 is 2.82 bits per heavy atom. The van der Waals surface area contributed by atoms with Crippen LogP contribution in [0.15, 0.2) is 4.42 Å². The second-order valence-corrected chi connectivity index (χ2v) is 4.36. The zero-order valence-electron chi connectivity index (χ0n) is 10.5. The van der Waals surface area contributed by atoms with Crippen molar-refractivity contribution >= 4 is 5.97 Å². The average Bonchev–Trinajstić information content (AvgIpc) is 2.60. The topological polar surface area (TPSA) is 69.4 Å². The van der Waals surface area contributed by atoms with E-state index in [0.29, 0.717) is 11.6 Å². The van der Waals surface area contributed by atoms with Crippen molar-refractivity contribution in [3.05, 3.63) is 17.3 Å². The Morgan fingerprint density at radius 1 is 1.59 bits per heavy atom. The van der Waals surface area contributed by atoms with Gasteiger partial charge in [0.15, 0.2) is 11.7 Å². The second kappa shape index (κ2) is 5.72. The number of carboxylic acid groups (broad SMARTS) is 1. The Balaban J connectivity index is 0.00000144. The summed E-state index contributed by atoms with van der Waals surface area (Å²) >= 11 is 0. The summed E-state index contributed by atoms with van der Waals surface area (Å²) < 4.78 is 5.26. The maximum absolute atomic E-state index is 10.7. The Morgan fingerprint density at radius 2 is 2.29 bits per heavy atom. The summed E-state index contributed by atoms with van der Waals surface area (Å²) in [4.78, 5) is 17.1. The number of hydrogen-bond acceptors (Lipinski definition) is 5. The van der Waals surface area contributed by atoms with Crippen LogP contribution in [0.5, 0.6) is 0 Å². The van der Waals surface area contributed by atoms with Gasteiger partial charge in [-0.1, -0.05) is 0 Å². The van der Waals surface area contributed by atoms with Gasteiger partial charge < -0.3 is 19.2 Å². The van der Waals surface area contributed by atoms with Crippen LogP contribution in [0.1, 0.15) is 40.9 Å². The van der Waals surface area contributed by atoms with Crippen LogP contribution in [-0.4, -0.2) is 36.0 Å². The van der Waals surface area contributed by atoms with E-state index in [1.165, 1.54) is 0 Å². The van der Waals surface area contributed by atoms with E-state index >= 15 is 0 Å². The van der Waals surface area contributed by atoms with Crippen LogP contribution >= 0.6 is 0 Å². The average molecular weight is 230 g/mol. The van der Waals surface area contributed by atoms with Crippen molar-refractivity contribution in [2.45, 2.75) is 25.7 Å². The zero-order valence-corrected chi connectivity index (χ0v) is 10.5. The van der Waals surface area contributed by atoms with Crippen LogP contribution in [0.4, 0.5) is 0 Å². The van der Waals surface area contributed by atoms with Gasteiger partial charge in [0.25, 0.3) is 0 Å². The smallest absolute Gasteiger partial charge is 0.541 e. The van der Waals surface area contributed by atoms with Crippen molar-refractivity contribution < 1.29 is 33.2 Å². The zero-order chi connectivity index (χ0) is 11.7. The minimum absolute atomic E-state index is 0. The van der Waals surface area contributed by atoms with Gasteiger partial charge in [0.05, 0.1) is 5.69 Å². The first-order valence-corrected chi connectivity index (χ1v) is 5.45. The monoisotopic (exact) mass is 230 g/mol. The first kappa shape index (κ1) is 14.3. The molecule has 0 spiro atoms. The van der Waals surface area contributed by atoms with Gasteiger partial charge in [-0.3, -0.25) is 0 Å². The molecule has 2 rings (SSSR count). The standard InChI is InChI=1S/C11H16N2O3.Li/c1-7-9(11(14)15)16-10(12-7)8-4-3-5-13(2)6-8;/h8H,3-6H2,1-2H3,(H,14,15);/q;+1/p-1. The molecule has 6 heteroatoms. The molecule has 0 N–H and O–H groups in total. The van der Waals surface area contributed by atoms with Crippen LogP contribution < -0.4 is 24.0 Å². The number of carbonyl (C=O) groups excluding carboxylic acids is 1. The number of nitrogens with zero attached hydrogens (tertiary/aromatic N) is 2. The fourth-order valence-corrected chi connectivity index (χ4v) is 2.15.